The van der Waals surface area contributed by atoms with Gasteiger partial charge in [-0.25, -0.2) is 8.42 Å². The maximum absolute atomic E-state index is 12.5. The summed E-state index contributed by atoms with van der Waals surface area (Å²) in [7, 11) is -3.30. The van der Waals surface area contributed by atoms with Crippen LogP contribution in [0, 0.1) is 0 Å². The van der Waals surface area contributed by atoms with E-state index in [2.05, 4.69) is 5.32 Å². The summed E-state index contributed by atoms with van der Waals surface area (Å²) in [6.07, 6.45) is 0. The predicted octanol–water partition coefficient (Wildman–Crippen LogP) is 1.69. The molecule has 0 saturated carbocycles. The maximum atomic E-state index is 12.5. The largest absolute Gasteiger partial charge is 0.336 e. The second-order valence-electron chi connectivity index (χ2n) is 6.30. The molecule has 122 valence electrons. The van der Waals surface area contributed by atoms with Gasteiger partial charge in [0.05, 0.1) is 10.1 Å². The molecule has 1 aliphatic rings. The second-order valence-corrected chi connectivity index (χ2v) is 8.80. The molecule has 22 heavy (non-hydrogen) atoms. The summed E-state index contributed by atoms with van der Waals surface area (Å²) >= 11 is 0. The number of carbonyl (C=O) groups excluding carboxylic acids is 1. The summed E-state index contributed by atoms with van der Waals surface area (Å²) in [5.74, 6) is -0.0475. The Balaban J connectivity index is 2.18. The molecule has 1 amide bonds. The van der Waals surface area contributed by atoms with E-state index in [4.69, 9.17) is 0 Å². The van der Waals surface area contributed by atoms with Crippen molar-refractivity contribution >= 4 is 15.7 Å². The number of rotatable bonds is 3. The van der Waals surface area contributed by atoms with Crippen LogP contribution in [-0.2, 0) is 9.84 Å². The van der Waals surface area contributed by atoms with Crippen molar-refractivity contribution in [1.82, 2.24) is 10.2 Å². The summed E-state index contributed by atoms with van der Waals surface area (Å²) in [6.45, 7) is 8.72. The molecule has 1 aromatic carbocycles. The molecular formula is C16H24N2O3S. The molecule has 1 aliphatic heterocycles. The summed E-state index contributed by atoms with van der Waals surface area (Å²) in [5, 5.41) is 2.92. The van der Waals surface area contributed by atoms with Gasteiger partial charge in [0.25, 0.3) is 5.91 Å². The van der Waals surface area contributed by atoms with Gasteiger partial charge in [-0.2, -0.15) is 0 Å². The summed E-state index contributed by atoms with van der Waals surface area (Å²) in [5.41, 5.74) is 0.531. The highest BCUT2D eigenvalue weighted by molar-refractivity contribution is 7.92. The fourth-order valence-electron chi connectivity index (χ4n) is 2.73. The number of carbonyl (C=O) groups is 1. The third-order valence-corrected chi connectivity index (χ3v) is 6.07. The van der Waals surface area contributed by atoms with Crippen LogP contribution in [0.2, 0.25) is 0 Å². The zero-order valence-electron chi connectivity index (χ0n) is 13.5. The monoisotopic (exact) mass is 324 g/mol. The van der Waals surface area contributed by atoms with Crippen LogP contribution in [0.1, 0.15) is 38.1 Å². The smallest absolute Gasteiger partial charge is 0.253 e. The molecule has 5 nitrogen and oxygen atoms in total. The van der Waals surface area contributed by atoms with E-state index >= 15 is 0 Å². The van der Waals surface area contributed by atoms with E-state index in [1.165, 1.54) is 12.1 Å². The maximum Gasteiger partial charge on any atom is 0.253 e. The lowest BCUT2D eigenvalue weighted by Crippen LogP contribution is -2.55. The van der Waals surface area contributed by atoms with E-state index in [0.29, 0.717) is 18.7 Å². The van der Waals surface area contributed by atoms with Crippen LogP contribution in [0.3, 0.4) is 0 Å². The number of benzene rings is 1. The van der Waals surface area contributed by atoms with E-state index in [1.54, 1.807) is 26.0 Å². The van der Waals surface area contributed by atoms with Crippen LogP contribution in [0.15, 0.2) is 29.2 Å². The highest BCUT2D eigenvalue weighted by Crippen LogP contribution is 2.18. The minimum atomic E-state index is -3.30. The minimum Gasteiger partial charge on any atom is -0.336 e. The molecule has 2 atom stereocenters. The van der Waals surface area contributed by atoms with E-state index < -0.39 is 15.1 Å². The van der Waals surface area contributed by atoms with Crippen molar-refractivity contribution < 1.29 is 13.2 Å². The van der Waals surface area contributed by atoms with Crippen molar-refractivity contribution in [1.29, 1.82) is 0 Å². The minimum absolute atomic E-state index is 0.0475. The fourth-order valence-corrected chi connectivity index (χ4v) is 3.79. The lowest BCUT2D eigenvalue weighted by molar-refractivity contribution is 0.0673. The molecule has 1 N–H and O–H groups in total. The average Bonchev–Trinajstić information content (AvgIpc) is 2.45. The number of nitrogens with zero attached hydrogens (tertiary/aromatic N) is 1. The van der Waals surface area contributed by atoms with E-state index in [-0.39, 0.29) is 22.9 Å². The van der Waals surface area contributed by atoms with Crippen LogP contribution in [0.4, 0.5) is 0 Å². The number of amides is 1. The van der Waals surface area contributed by atoms with Gasteiger partial charge in [-0.3, -0.25) is 4.79 Å². The molecule has 0 spiro atoms. The Kier molecular flexibility index (Phi) is 4.92. The Morgan fingerprint density at radius 3 is 2.09 bits per heavy atom. The lowest BCUT2D eigenvalue weighted by atomic mass is 10.1. The molecule has 0 aliphatic carbocycles. The molecule has 1 heterocycles. The molecule has 6 heteroatoms. The highest BCUT2D eigenvalue weighted by Gasteiger charge is 2.26. The second kappa shape index (κ2) is 6.38. The zero-order chi connectivity index (χ0) is 16.5. The van der Waals surface area contributed by atoms with Crippen LogP contribution in [0.25, 0.3) is 0 Å². The molecule has 1 saturated heterocycles. The van der Waals surface area contributed by atoms with Gasteiger partial charge in [0, 0.05) is 30.7 Å². The fraction of sp³-hybridized carbons (Fsp3) is 0.562. The number of nitrogens with one attached hydrogen (secondary N) is 1. The van der Waals surface area contributed by atoms with Crippen LogP contribution in [0.5, 0.6) is 0 Å². The van der Waals surface area contributed by atoms with Gasteiger partial charge in [-0.1, -0.05) is 0 Å². The van der Waals surface area contributed by atoms with Crippen LogP contribution in [-0.4, -0.2) is 49.6 Å². The molecule has 2 unspecified atom stereocenters. The lowest BCUT2D eigenvalue weighted by Gasteiger charge is -2.36. The highest BCUT2D eigenvalue weighted by atomic mass is 32.2. The van der Waals surface area contributed by atoms with Gasteiger partial charge < -0.3 is 10.2 Å². The summed E-state index contributed by atoms with van der Waals surface area (Å²) in [4.78, 5) is 14.6. The Hall–Kier alpha value is -1.40. The van der Waals surface area contributed by atoms with Gasteiger partial charge in [0.1, 0.15) is 0 Å². The molecule has 1 fully saturated rings. The third-order valence-electron chi connectivity index (χ3n) is 3.90. The average molecular weight is 324 g/mol. The SMILES string of the molecule is CC1CN(C(=O)c2ccc(S(=O)(=O)C(C)C)cc2)CC(C)N1. The molecule has 0 bridgehead atoms. The van der Waals surface area contributed by atoms with E-state index in [9.17, 15) is 13.2 Å². The van der Waals surface area contributed by atoms with Gasteiger partial charge in [-0.15, -0.1) is 0 Å². The molecule has 0 radical (unpaired) electrons. The number of hydrogen-bond donors (Lipinski definition) is 1. The van der Waals surface area contributed by atoms with Gasteiger partial charge in [-0.05, 0) is 52.0 Å². The topological polar surface area (TPSA) is 66.5 Å². The van der Waals surface area contributed by atoms with Crippen LogP contribution < -0.4 is 5.32 Å². The van der Waals surface area contributed by atoms with E-state index in [0.717, 1.165) is 0 Å². The Bertz CT molecular complexity index is 628. The van der Waals surface area contributed by atoms with Crippen molar-refractivity contribution in [2.24, 2.45) is 0 Å². The van der Waals surface area contributed by atoms with Crippen molar-refractivity contribution in [2.45, 2.75) is 49.9 Å². The first kappa shape index (κ1) is 17.0. The van der Waals surface area contributed by atoms with Gasteiger partial charge >= 0.3 is 0 Å². The van der Waals surface area contributed by atoms with E-state index in [1.807, 2.05) is 18.7 Å². The van der Waals surface area contributed by atoms with Crippen molar-refractivity contribution in [2.75, 3.05) is 13.1 Å². The standard InChI is InChI=1S/C16H24N2O3S/c1-11(2)22(20,21)15-7-5-14(6-8-15)16(19)18-9-12(3)17-13(4)10-18/h5-8,11-13,17H,9-10H2,1-4H3. The Morgan fingerprint density at radius 1 is 1.14 bits per heavy atom. The van der Waals surface area contributed by atoms with Crippen molar-refractivity contribution in [3.63, 3.8) is 0 Å². The first-order valence-electron chi connectivity index (χ1n) is 7.61. The molecular weight excluding hydrogens is 300 g/mol. The molecule has 2 rings (SSSR count). The first-order chi connectivity index (χ1) is 10.2. The predicted molar refractivity (Wildman–Crippen MR) is 86.7 cm³/mol. The molecule has 0 aromatic heterocycles. The third kappa shape index (κ3) is 3.50. The zero-order valence-corrected chi connectivity index (χ0v) is 14.4. The Labute approximate surface area is 132 Å². The number of hydrogen-bond acceptors (Lipinski definition) is 4. The summed E-state index contributed by atoms with van der Waals surface area (Å²) in [6, 6.07) is 6.78. The first-order valence-corrected chi connectivity index (χ1v) is 9.15. The number of piperazine rings is 1. The van der Waals surface area contributed by atoms with Crippen molar-refractivity contribution in [3.05, 3.63) is 29.8 Å². The van der Waals surface area contributed by atoms with Crippen LogP contribution >= 0.6 is 0 Å². The number of sulfone groups is 1. The summed E-state index contributed by atoms with van der Waals surface area (Å²) < 4.78 is 24.2. The van der Waals surface area contributed by atoms with Gasteiger partial charge in [0.15, 0.2) is 9.84 Å². The van der Waals surface area contributed by atoms with Crippen molar-refractivity contribution in [3.8, 4) is 0 Å². The Morgan fingerprint density at radius 2 is 1.64 bits per heavy atom. The quantitative estimate of drug-likeness (QED) is 0.919. The van der Waals surface area contributed by atoms with Gasteiger partial charge in [0.2, 0.25) is 0 Å². The normalized spacial score (nSPS) is 22.9. The molecule has 1 aromatic rings.